The predicted molar refractivity (Wildman–Crippen MR) is 78.4 cm³/mol. The number of anilines is 3. The van der Waals surface area contributed by atoms with Crippen molar-refractivity contribution in [3.8, 4) is 0 Å². The molecule has 0 unspecified atom stereocenters. The lowest BCUT2D eigenvalue weighted by Gasteiger charge is -2.12. The molecule has 0 saturated heterocycles. The lowest BCUT2D eigenvalue weighted by atomic mass is 10.2. The highest BCUT2D eigenvalue weighted by molar-refractivity contribution is 9.10. The summed E-state index contributed by atoms with van der Waals surface area (Å²) < 4.78 is 1.03. The third-order valence-electron chi connectivity index (χ3n) is 2.52. The van der Waals surface area contributed by atoms with Gasteiger partial charge in [0.2, 0.25) is 0 Å². The van der Waals surface area contributed by atoms with E-state index in [9.17, 15) is 0 Å². The zero-order valence-electron chi connectivity index (χ0n) is 10.4. The summed E-state index contributed by atoms with van der Waals surface area (Å²) in [6.07, 6.45) is 1.56. The van der Waals surface area contributed by atoms with Crippen molar-refractivity contribution in [1.82, 2.24) is 9.97 Å². The molecule has 2 aromatic rings. The Morgan fingerprint density at radius 3 is 2.72 bits per heavy atom. The van der Waals surface area contributed by atoms with Crippen LogP contribution in [0.5, 0.6) is 0 Å². The van der Waals surface area contributed by atoms with Crippen LogP contribution in [0.2, 0.25) is 0 Å². The van der Waals surface area contributed by atoms with Crippen LogP contribution in [0.15, 0.2) is 35.1 Å². The van der Waals surface area contributed by atoms with E-state index in [1.54, 1.807) is 6.33 Å². The molecule has 2 N–H and O–H groups in total. The highest BCUT2D eigenvalue weighted by Crippen LogP contribution is 2.23. The molecule has 94 valence electrons. The summed E-state index contributed by atoms with van der Waals surface area (Å²) in [5.74, 6) is 1.68. The maximum atomic E-state index is 4.27. The van der Waals surface area contributed by atoms with E-state index in [2.05, 4.69) is 36.5 Å². The highest BCUT2D eigenvalue weighted by Gasteiger charge is 2.06. The van der Waals surface area contributed by atoms with E-state index in [0.29, 0.717) is 0 Å². The number of hydrogen-bond donors (Lipinski definition) is 2. The van der Waals surface area contributed by atoms with Crippen molar-refractivity contribution in [3.63, 3.8) is 0 Å². The first-order chi connectivity index (χ1) is 8.70. The van der Waals surface area contributed by atoms with Gasteiger partial charge in [0.15, 0.2) is 0 Å². The molecule has 1 aromatic carbocycles. The van der Waals surface area contributed by atoms with Crippen LogP contribution in [-0.2, 0) is 0 Å². The molecular weight excluding hydrogens is 292 g/mol. The Labute approximate surface area is 115 Å². The molecule has 0 radical (unpaired) electrons. The minimum absolute atomic E-state index is 0.819. The average Bonchev–Trinajstić information content (AvgIpc) is 2.35. The maximum absolute atomic E-state index is 4.27. The first-order valence-electron chi connectivity index (χ1n) is 5.78. The molecule has 5 heteroatoms. The lowest BCUT2D eigenvalue weighted by molar-refractivity contribution is 1.08. The van der Waals surface area contributed by atoms with E-state index >= 15 is 0 Å². The molecule has 1 heterocycles. The largest absolute Gasteiger partial charge is 0.370 e. The first kappa shape index (κ1) is 12.8. The molecule has 0 amide bonds. The van der Waals surface area contributed by atoms with Gasteiger partial charge in [0.25, 0.3) is 0 Å². The molecule has 0 atom stereocenters. The standard InChI is InChI=1S/C13H15BrN4/c1-3-15-12-9(2)13(17-8-16-12)18-11-6-4-5-10(14)7-11/h4-8H,3H2,1-2H3,(H2,15,16,17,18). The first-order valence-corrected chi connectivity index (χ1v) is 6.58. The van der Waals surface area contributed by atoms with Crippen LogP contribution in [0.25, 0.3) is 0 Å². The average molecular weight is 307 g/mol. The van der Waals surface area contributed by atoms with Crippen LogP contribution < -0.4 is 10.6 Å². The molecule has 1 aromatic heterocycles. The van der Waals surface area contributed by atoms with Crippen molar-refractivity contribution in [1.29, 1.82) is 0 Å². The van der Waals surface area contributed by atoms with Crippen molar-refractivity contribution < 1.29 is 0 Å². The zero-order valence-corrected chi connectivity index (χ0v) is 12.0. The van der Waals surface area contributed by atoms with Crippen LogP contribution in [0.1, 0.15) is 12.5 Å². The van der Waals surface area contributed by atoms with Crippen LogP contribution >= 0.6 is 15.9 Å². The Morgan fingerprint density at radius 2 is 2.00 bits per heavy atom. The molecule has 2 rings (SSSR count). The predicted octanol–water partition coefficient (Wildman–Crippen LogP) is 3.72. The second-order valence-electron chi connectivity index (χ2n) is 3.86. The third-order valence-corrected chi connectivity index (χ3v) is 3.01. The van der Waals surface area contributed by atoms with E-state index in [-0.39, 0.29) is 0 Å². The fourth-order valence-electron chi connectivity index (χ4n) is 1.62. The van der Waals surface area contributed by atoms with Gasteiger partial charge in [0.05, 0.1) is 0 Å². The van der Waals surface area contributed by atoms with Gasteiger partial charge in [-0.2, -0.15) is 0 Å². The molecule has 0 aliphatic rings. The van der Waals surface area contributed by atoms with Crippen LogP contribution in [-0.4, -0.2) is 16.5 Å². The van der Waals surface area contributed by atoms with Crippen molar-refractivity contribution in [2.75, 3.05) is 17.2 Å². The molecule has 18 heavy (non-hydrogen) atoms. The maximum Gasteiger partial charge on any atom is 0.138 e. The van der Waals surface area contributed by atoms with Gasteiger partial charge in [-0.15, -0.1) is 0 Å². The van der Waals surface area contributed by atoms with E-state index in [1.807, 2.05) is 38.1 Å². The lowest BCUT2D eigenvalue weighted by Crippen LogP contribution is -2.05. The minimum Gasteiger partial charge on any atom is -0.370 e. The SMILES string of the molecule is CCNc1ncnc(Nc2cccc(Br)c2)c1C. The fourth-order valence-corrected chi connectivity index (χ4v) is 2.02. The zero-order chi connectivity index (χ0) is 13.0. The van der Waals surface area contributed by atoms with E-state index in [1.165, 1.54) is 0 Å². The van der Waals surface area contributed by atoms with Gasteiger partial charge in [-0.25, -0.2) is 9.97 Å². The molecule has 0 spiro atoms. The summed E-state index contributed by atoms with van der Waals surface area (Å²) in [5, 5.41) is 6.50. The second kappa shape index (κ2) is 5.82. The Morgan fingerprint density at radius 1 is 1.22 bits per heavy atom. The van der Waals surface area contributed by atoms with E-state index in [0.717, 1.165) is 33.9 Å². The van der Waals surface area contributed by atoms with Crippen molar-refractivity contribution in [3.05, 3.63) is 40.6 Å². The Hall–Kier alpha value is -1.62. The summed E-state index contributed by atoms with van der Waals surface area (Å²) in [4.78, 5) is 8.48. The van der Waals surface area contributed by atoms with E-state index in [4.69, 9.17) is 0 Å². The number of halogens is 1. The number of benzene rings is 1. The van der Waals surface area contributed by atoms with Crippen LogP contribution in [0, 0.1) is 6.92 Å². The fraction of sp³-hybridized carbons (Fsp3) is 0.231. The molecule has 0 bridgehead atoms. The number of hydrogen-bond acceptors (Lipinski definition) is 4. The van der Waals surface area contributed by atoms with Gasteiger partial charge in [-0.05, 0) is 32.0 Å². The summed E-state index contributed by atoms with van der Waals surface area (Å²) in [6.45, 7) is 4.88. The Kier molecular flexibility index (Phi) is 4.15. The topological polar surface area (TPSA) is 49.8 Å². The summed E-state index contributed by atoms with van der Waals surface area (Å²) in [7, 11) is 0. The minimum atomic E-state index is 0.819. The number of rotatable bonds is 4. The van der Waals surface area contributed by atoms with Crippen molar-refractivity contribution in [2.45, 2.75) is 13.8 Å². The van der Waals surface area contributed by atoms with Crippen LogP contribution in [0.3, 0.4) is 0 Å². The van der Waals surface area contributed by atoms with Gasteiger partial charge in [-0.3, -0.25) is 0 Å². The summed E-state index contributed by atoms with van der Waals surface area (Å²) in [5.41, 5.74) is 2.01. The Balaban J connectivity index is 2.26. The summed E-state index contributed by atoms with van der Waals surface area (Å²) in [6, 6.07) is 7.98. The number of nitrogens with zero attached hydrogens (tertiary/aromatic N) is 2. The molecular formula is C13H15BrN4. The van der Waals surface area contributed by atoms with Gasteiger partial charge in [-0.1, -0.05) is 22.0 Å². The molecule has 0 fully saturated rings. The second-order valence-corrected chi connectivity index (χ2v) is 4.78. The van der Waals surface area contributed by atoms with Crippen molar-refractivity contribution >= 4 is 33.3 Å². The molecule has 4 nitrogen and oxygen atoms in total. The third kappa shape index (κ3) is 2.98. The molecule has 0 aliphatic carbocycles. The highest BCUT2D eigenvalue weighted by atomic mass is 79.9. The Bertz CT molecular complexity index is 542. The van der Waals surface area contributed by atoms with Gasteiger partial charge >= 0.3 is 0 Å². The quantitative estimate of drug-likeness (QED) is 0.904. The van der Waals surface area contributed by atoms with Gasteiger partial charge in [0, 0.05) is 22.3 Å². The monoisotopic (exact) mass is 306 g/mol. The van der Waals surface area contributed by atoms with Gasteiger partial charge < -0.3 is 10.6 Å². The number of nitrogens with one attached hydrogen (secondary N) is 2. The normalized spacial score (nSPS) is 10.2. The number of aromatic nitrogens is 2. The molecule has 0 aliphatic heterocycles. The van der Waals surface area contributed by atoms with E-state index < -0.39 is 0 Å². The summed E-state index contributed by atoms with van der Waals surface area (Å²) >= 11 is 3.45. The van der Waals surface area contributed by atoms with Crippen molar-refractivity contribution in [2.24, 2.45) is 0 Å². The van der Waals surface area contributed by atoms with Crippen LogP contribution in [0.4, 0.5) is 17.3 Å². The van der Waals surface area contributed by atoms with Gasteiger partial charge in [0.1, 0.15) is 18.0 Å². The molecule has 0 saturated carbocycles. The smallest absolute Gasteiger partial charge is 0.138 e.